The van der Waals surface area contributed by atoms with Crippen molar-refractivity contribution in [3.8, 4) is 0 Å². The van der Waals surface area contributed by atoms with Gasteiger partial charge >= 0.3 is 0 Å². The Morgan fingerprint density at radius 3 is 2.22 bits per heavy atom. The van der Waals surface area contributed by atoms with E-state index in [4.69, 9.17) is 11.6 Å². The fourth-order valence-electron chi connectivity index (χ4n) is 2.06. The van der Waals surface area contributed by atoms with E-state index in [-0.39, 0.29) is 5.41 Å². The first-order valence-electron chi connectivity index (χ1n) is 6.23. The van der Waals surface area contributed by atoms with E-state index in [1.54, 1.807) is 0 Å². The number of benzene rings is 2. The minimum Gasteiger partial charge on any atom is -0.0843 e. The molecular weight excluding hydrogens is 240 g/mol. The predicted molar refractivity (Wildman–Crippen MR) is 78.9 cm³/mol. The maximum Gasteiger partial charge on any atom is 0.0406 e. The molecular formula is C17H18Cl. The second kappa shape index (κ2) is 5.58. The molecule has 0 bridgehead atoms. The summed E-state index contributed by atoms with van der Waals surface area (Å²) in [5, 5.41) is 0.791. The van der Waals surface area contributed by atoms with Crippen molar-refractivity contribution in [2.24, 2.45) is 0 Å². The average molecular weight is 258 g/mol. The molecule has 0 aliphatic heterocycles. The van der Waals surface area contributed by atoms with E-state index in [1.165, 1.54) is 11.1 Å². The van der Waals surface area contributed by atoms with Crippen molar-refractivity contribution in [3.63, 3.8) is 0 Å². The van der Waals surface area contributed by atoms with E-state index in [9.17, 15) is 0 Å². The van der Waals surface area contributed by atoms with Gasteiger partial charge in [-0.1, -0.05) is 61.0 Å². The standard InChI is InChI=1S/C17H18Cl/c1-17(2,15-6-4-3-5-7-15)13-12-14-8-10-16(18)11-9-14/h3-11H,1,12-13H2,2H3. The molecule has 0 aromatic heterocycles. The molecule has 0 saturated heterocycles. The minimum atomic E-state index is -0.0408. The molecule has 1 unspecified atom stereocenters. The van der Waals surface area contributed by atoms with E-state index >= 15 is 0 Å². The Morgan fingerprint density at radius 1 is 1.00 bits per heavy atom. The second-order valence-electron chi connectivity index (χ2n) is 5.05. The van der Waals surface area contributed by atoms with Crippen LogP contribution >= 0.6 is 11.6 Å². The Kier molecular flexibility index (Phi) is 4.08. The Hall–Kier alpha value is -1.27. The van der Waals surface area contributed by atoms with Gasteiger partial charge in [-0.05, 0) is 48.4 Å². The maximum atomic E-state index is 5.89. The SMILES string of the molecule is [CH2]C(C)(CCc1ccc(Cl)cc1)c1ccccc1. The van der Waals surface area contributed by atoms with E-state index in [1.807, 2.05) is 18.2 Å². The van der Waals surface area contributed by atoms with Gasteiger partial charge in [0.2, 0.25) is 0 Å². The lowest BCUT2D eigenvalue weighted by Crippen LogP contribution is -2.18. The lowest BCUT2D eigenvalue weighted by Gasteiger charge is -2.25. The topological polar surface area (TPSA) is 0 Å². The molecule has 0 N–H and O–H groups in total. The zero-order chi connectivity index (χ0) is 13.0. The third-order valence-electron chi connectivity index (χ3n) is 3.35. The van der Waals surface area contributed by atoms with Crippen LogP contribution in [0, 0.1) is 6.92 Å². The molecule has 1 heteroatoms. The molecule has 18 heavy (non-hydrogen) atoms. The van der Waals surface area contributed by atoms with Crippen LogP contribution in [0.3, 0.4) is 0 Å². The van der Waals surface area contributed by atoms with Gasteiger partial charge in [0.05, 0.1) is 0 Å². The molecule has 0 spiro atoms. The summed E-state index contributed by atoms with van der Waals surface area (Å²) < 4.78 is 0. The van der Waals surface area contributed by atoms with Crippen molar-refractivity contribution in [3.05, 3.63) is 77.7 Å². The Balaban J connectivity index is 2.03. The van der Waals surface area contributed by atoms with Gasteiger partial charge in [-0.25, -0.2) is 0 Å². The molecule has 2 aromatic rings. The van der Waals surface area contributed by atoms with Crippen LogP contribution in [0.15, 0.2) is 54.6 Å². The van der Waals surface area contributed by atoms with E-state index in [0.29, 0.717) is 0 Å². The second-order valence-corrected chi connectivity index (χ2v) is 5.49. The largest absolute Gasteiger partial charge is 0.0843 e. The molecule has 0 saturated carbocycles. The summed E-state index contributed by atoms with van der Waals surface area (Å²) in [5.74, 6) is 0. The van der Waals surface area contributed by atoms with Crippen LogP contribution in [-0.4, -0.2) is 0 Å². The monoisotopic (exact) mass is 257 g/mol. The van der Waals surface area contributed by atoms with Gasteiger partial charge in [-0.2, -0.15) is 0 Å². The van der Waals surface area contributed by atoms with Crippen molar-refractivity contribution >= 4 is 11.6 Å². The molecule has 0 aliphatic rings. The smallest absolute Gasteiger partial charge is 0.0406 e. The summed E-state index contributed by atoms with van der Waals surface area (Å²) in [6.07, 6.45) is 2.05. The van der Waals surface area contributed by atoms with Crippen LogP contribution in [0.1, 0.15) is 24.5 Å². The van der Waals surface area contributed by atoms with Crippen LogP contribution in [0.2, 0.25) is 5.02 Å². The van der Waals surface area contributed by atoms with Crippen molar-refractivity contribution < 1.29 is 0 Å². The number of hydrogen-bond donors (Lipinski definition) is 0. The molecule has 2 rings (SSSR count). The summed E-state index contributed by atoms with van der Waals surface area (Å²) >= 11 is 5.89. The van der Waals surface area contributed by atoms with Gasteiger partial charge in [-0.3, -0.25) is 0 Å². The van der Waals surface area contributed by atoms with Crippen molar-refractivity contribution in [2.75, 3.05) is 0 Å². The molecule has 93 valence electrons. The average Bonchev–Trinajstić information content (AvgIpc) is 2.39. The number of hydrogen-bond acceptors (Lipinski definition) is 0. The minimum absolute atomic E-state index is 0.0408. The maximum absolute atomic E-state index is 5.89. The molecule has 2 aromatic carbocycles. The zero-order valence-corrected chi connectivity index (χ0v) is 11.5. The van der Waals surface area contributed by atoms with Gasteiger partial charge in [0.1, 0.15) is 0 Å². The van der Waals surface area contributed by atoms with Gasteiger partial charge in [-0.15, -0.1) is 0 Å². The van der Waals surface area contributed by atoms with Gasteiger partial charge in [0.15, 0.2) is 0 Å². The van der Waals surface area contributed by atoms with Crippen LogP contribution in [0.25, 0.3) is 0 Å². The van der Waals surface area contributed by atoms with Crippen LogP contribution in [-0.2, 0) is 11.8 Å². The normalized spacial score (nSPS) is 11.5. The summed E-state index contributed by atoms with van der Waals surface area (Å²) in [5.41, 5.74) is 2.56. The van der Waals surface area contributed by atoms with Gasteiger partial charge < -0.3 is 0 Å². The summed E-state index contributed by atoms with van der Waals surface area (Å²) in [6.45, 7) is 6.54. The highest BCUT2D eigenvalue weighted by Gasteiger charge is 2.19. The van der Waals surface area contributed by atoms with Crippen LogP contribution in [0.4, 0.5) is 0 Å². The third kappa shape index (κ3) is 3.36. The van der Waals surface area contributed by atoms with Crippen molar-refractivity contribution in [2.45, 2.75) is 25.2 Å². The van der Waals surface area contributed by atoms with Crippen molar-refractivity contribution in [1.29, 1.82) is 0 Å². The number of halogens is 1. The molecule has 0 nitrogen and oxygen atoms in total. The first kappa shape index (κ1) is 13.2. The van der Waals surface area contributed by atoms with Gasteiger partial charge in [0, 0.05) is 5.02 Å². The molecule has 1 radical (unpaired) electrons. The first-order valence-corrected chi connectivity index (χ1v) is 6.61. The fraction of sp³-hybridized carbons (Fsp3) is 0.235. The highest BCUT2D eigenvalue weighted by Crippen LogP contribution is 2.28. The summed E-state index contributed by atoms with van der Waals surface area (Å²) in [7, 11) is 0. The van der Waals surface area contributed by atoms with Crippen LogP contribution < -0.4 is 0 Å². The fourth-order valence-corrected chi connectivity index (χ4v) is 2.18. The Morgan fingerprint density at radius 2 is 1.61 bits per heavy atom. The molecule has 0 heterocycles. The number of aryl methyl sites for hydroxylation is 1. The van der Waals surface area contributed by atoms with E-state index in [2.05, 4.69) is 50.2 Å². The quantitative estimate of drug-likeness (QED) is 0.718. The lowest BCUT2D eigenvalue weighted by atomic mass is 9.80. The molecule has 0 amide bonds. The number of rotatable bonds is 4. The lowest BCUT2D eigenvalue weighted by molar-refractivity contribution is 0.535. The molecule has 0 aliphatic carbocycles. The Labute approximate surface area is 115 Å². The molecule has 1 atom stereocenters. The summed E-state index contributed by atoms with van der Waals surface area (Å²) in [6, 6.07) is 18.5. The van der Waals surface area contributed by atoms with Gasteiger partial charge in [0.25, 0.3) is 0 Å². The third-order valence-corrected chi connectivity index (χ3v) is 3.60. The van der Waals surface area contributed by atoms with Crippen LogP contribution in [0.5, 0.6) is 0 Å². The van der Waals surface area contributed by atoms with Crippen molar-refractivity contribution in [1.82, 2.24) is 0 Å². The highest BCUT2D eigenvalue weighted by atomic mass is 35.5. The predicted octanol–water partition coefficient (Wildman–Crippen LogP) is 5.06. The first-order chi connectivity index (χ1) is 8.58. The molecule has 0 fully saturated rings. The zero-order valence-electron chi connectivity index (χ0n) is 10.7. The van der Waals surface area contributed by atoms with E-state index < -0.39 is 0 Å². The Bertz CT molecular complexity index is 483. The highest BCUT2D eigenvalue weighted by molar-refractivity contribution is 6.30. The van der Waals surface area contributed by atoms with E-state index in [0.717, 1.165) is 17.9 Å². The summed E-state index contributed by atoms with van der Waals surface area (Å²) in [4.78, 5) is 0.